The van der Waals surface area contributed by atoms with Crippen molar-refractivity contribution < 1.29 is 4.79 Å². The summed E-state index contributed by atoms with van der Waals surface area (Å²) in [5.41, 5.74) is 9.76. The van der Waals surface area contributed by atoms with Gasteiger partial charge in [0.05, 0.1) is 0 Å². The van der Waals surface area contributed by atoms with E-state index in [0.717, 1.165) is 10.6 Å². The number of carbonyl (C=O) groups excluding carboxylic acids is 1. The predicted molar refractivity (Wildman–Crippen MR) is 85.0 cm³/mol. The van der Waals surface area contributed by atoms with E-state index in [1.165, 1.54) is 11.1 Å². The molecule has 3 nitrogen and oxygen atoms in total. The largest absolute Gasteiger partial charge is 0.398 e. The first kappa shape index (κ1) is 14.5. The summed E-state index contributed by atoms with van der Waals surface area (Å²) in [6.07, 6.45) is 0. The van der Waals surface area contributed by atoms with Crippen molar-refractivity contribution in [3.63, 3.8) is 0 Å². The van der Waals surface area contributed by atoms with Crippen LogP contribution in [0, 0.1) is 6.92 Å². The van der Waals surface area contributed by atoms with Crippen LogP contribution in [0.2, 0.25) is 0 Å². The highest BCUT2D eigenvalue weighted by Crippen LogP contribution is 2.29. The van der Waals surface area contributed by atoms with Crippen LogP contribution in [0.1, 0.15) is 21.5 Å². The molecule has 0 aliphatic rings. The number of benzene rings is 2. The van der Waals surface area contributed by atoms with E-state index >= 15 is 0 Å². The Hall–Kier alpha value is -1.94. The molecule has 0 heterocycles. The minimum absolute atomic E-state index is 0.119. The predicted octanol–water partition coefficient (Wildman–Crippen LogP) is 3.23. The van der Waals surface area contributed by atoms with Gasteiger partial charge in [-0.2, -0.15) is 0 Å². The van der Waals surface area contributed by atoms with Gasteiger partial charge in [0.1, 0.15) is 0 Å². The number of rotatable bonds is 4. The van der Waals surface area contributed by atoms with E-state index in [0.29, 0.717) is 11.3 Å². The van der Waals surface area contributed by atoms with Crippen LogP contribution in [0.3, 0.4) is 0 Å². The average Bonchev–Trinajstić information content (AvgIpc) is 2.45. The Morgan fingerprint density at radius 1 is 1.25 bits per heavy atom. The second-order valence-corrected chi connectivity index (χ2v) is 5.63. The molecule has 3 N–H and O–H groups in total. The molecule has 0 radical (unpaired) electrons. The number of carbonyl (C=O) groups is 1. The number of hydrogen-bond donors (Lipinski definition) is 2. The zero-order valence-corrected chi connectivity index (χ0v) is 12.5. The van der Waals surface area contributed by atoms with E-state index in [1.54, 1.807) is 30.9 Å². The second kappa shape index (κ2) is 6.48. The molecule has 2 aromatic carbocycles. The summed E-state index contributed by atoms with van der Waals surface area (Å²) in [6.45, 7) is 2.08. The molecule has 1 amide bonds. The fourth-order valence-corrected chi connectivity index (χ4v) is 2.82. The molecule has 0 aromatic heterocycles. The van der Waals surface area contributed by atoms with Crippen molar-refractivity contribution in [2.75, 3.05) is 12.8 Å². The first-order chi connectivity index (χ1) is 9.60. The maximum absolute atomic E-state index is 11.5. The summed E-state index contributed by atoms with van der Waals surface area (Å²) in [6, 6.07) is 13.8. The Morgan fingerprint density at radius 2 is 2.05 bits per heavy atom. The summed E-state index contributed by atoms with van der Waals surface area (Å²) in [7, 11) is 1.61. The molecule has 2 rings (SSSR count). The van der Waals surface area contributed by atoms with Gasteiger partial charge in [0.15, 0.2) is 0 Å². The van der Waals surface area contributed by atoms with Gasteiger partial charge in [0.2, 0.25) is 0 Å². The fraction of sp³-hybridized carbons (Fsp3) is 0.188. The van der Waals surface area contributed by atoms with Crippen LogP contribution in [0.4, 0.5) is 5.69 Å². The van der Waals surface area contributed by atoms with E-state index in [1.807, 2.05) is 6.07 Å². The Bertz CT molecular complexity index is 626. The van der Waals surface area contributed by atoms with Crippen LogP contribution < -0.4 is 11.1 Å². The van der Waals surface area contributed by atoms with Crippen LogP contribution in [0.5, 0.6) is 0 Å². The molecule has 0 bridgehead atoms. The van der Waals surface area contributed by atoms with Gasteiger partial charge in [-0.05, 0) is 30.7 Å². The molecule has 0 unspecified atom stereocenters. The summed E-state index contributed by atoms with van der Waals surface area (Å²) in [5, 5.41) is 2.59. The van der Waals surface area contributed by atoms with Gasteiger partial charge in [0, 0.05) is 28.9 Å². The molecule has 2 aromatic rings. The van der Waals surface area contributed by atoms with Crippen molar-refractivity contribution in [3.05, 3.63) is 59.2 Å². The van der Waals surface area contributed by atoms with Gasteiger partial charge in [-0.25, -0.2) is 0 Å². The lowest BCUT2D eigenvalue weighted by Crippen LogP contribution is -2.17. The second-order valence-electron chi connectivity index (χ2n) is 4.61. The van der Waals surface area contributed by atoms with Gasteiger partial charge in [-0.1, -0.05) is 29.8 Å². The van der Waals surface area contributed by atoms with Crippen LogP contribution in [-0.4, -0.2) is 13.0 Å². The van der Waals surface area contributed by atoms with Crippen molar-refractivity contribution in [3.8, 4) is 0 Å². The minimum atomic E-state index is -0.119. The van der Waals surface area contributed by atoms with Gasteiger partial charge >= 0.3 is 0 Å². The fourth-order valence-electron chi connectivity index (χ4n) is 1.93. The summed E-state index contributed by atoms with van der Waals surface area (Å²) >= 11 is 1.68. The molecule has 0 aliphatic carbocycles. The lowest BCUT2D eigenvalue weighted by molar-refractivity contribution is 0.0963. The Kier molecular flexibility index (Phi) is 4.69. The number of amides is 1. The van der Waals surface area contributed by atoms with Crippen molar-refractivity contribution in [1.82, 2.24) is 5.32 Å². The van der Waals surface area contributed by atoms with Crippen LogP contribution in [0.25, 0.3) is 0 Å². The third-order valence-electron chi connectivity index (χ3n) is 2.98. The number of nitrogens with one attached hydrogen (secondary N) is 1. The number of nitrogens with two attached hydrogens (primary N) is 1. The number of thioether (sulfide) groups is 1. The maximum Gasteiger partial charge on any atom is 0.251 e. The monoisotopic (exact) mass is 286 g/mol. The van der Waals surface area contributed by atoms with Crippen LogP contribution in [-0.2, 0) is 5.75 Å². The van der Waals surface area contributed by atoms with E-state index in [-0.39, 0.29) is 5.91 Å². The minimum Gasteiger partial charge on any atom is -0.398 e. The van der Waals surface area contributed by atoms with Gasteiger partial charge in [-0.15, -0.1) is 11.8 Å². The van der Waals surface area contributed by atoms with Crippen LogP contribution >= 0.6 is 11.8 Å². The molecule has 4 heteroatoms. The van der Waals surface area contributed by atoms with Gasteiger partial charge in [-0.3, -0.25) is 4.79 Å². The third-order valence-corrected chi connectivity index (χ3v) is 4.14. The van der Waals surface area contributed by atoms with Crippen molar-refractivity contribution in [1.29, 1.82) is 0 Å². The van der Waals surface area contributed by atoms with Gasteiger partial charge < -0.3 is 11.1 Å². The van der Waals surface area contributed by atoms with E-state index < -0.39 is 0 Å². The summed E-state index contributed by atoms with van der Waals surface area (Å²) in [4.78, 5) is 12.5. The van der Waals surface area contributed by atoms with E-state index in [4.69, 9.17) is 5.73 Å². The Labute approximate surface area is 123 Å². The summed E-state index contributed by atoms with van der Waals surface area (Å²) < 4.78 is 0. The van der Waals surface area contributed by atoms with Crippen LogP contribution in [0.15, 0.2) is 47.4 Å². The van der Waals surface area contributed by atoms with E-state index in [2.05, 4.69) is 36.5 Å². The smallest absolute Gasteiger partial charge is 0.251 e. The standard InChI is InChI=1S/C16H18N2OS/c1-11-4-3-5-12(8-11)10-20-15-7-6-13(9-14(15)17)16(19)18-2/h3-9H,10,17H2,1-2H3,(H,18,19). The maximum atomic E-state index is 11.5. The van der Waals surface area contributed by atoms with Crippen molar-refractivity contribution in [2.24, 2.45) is 0 Å². The Balaban J connectivity index is 2.08. The topological polar surface area (TPSA) is 55.1 Å². The molecule has 0 saturated carbocycles. The number of aryl methyl sites for hydroxylation is 1. The first-order valence-corrected chi connectivity index (χ1v) is 7.38. The highest BCUT2D eigenvalue weighted by atomic mass is 32.2. The highest BCUT2D eigenvalue weighted by Gasteiger charge is 2.07. The molecule has 0 spiro atoms. The zero-order valence-electron chi connectivity index (χ0n) is 11.6. The van der Waals surface area contributed by atoms with Crippen molar-refractivity contribution >= 4 is 23.4 Å². The lowest BCUT2D eigenvalue weighted by atomic mass is 10.2. The summed E-state index contributed by atoms with van der Waals surface area (Å²) in [5.74, 6) is 0.748. The molecule has 0 saturated heterocycles. The highest BCUT2D eigenvalue weighted by molar-refractivity contribution is 7.98. The molecule has 0 aliphatic heterocycles. The lowest BCUT2D eigenvalue weighted by Gasteiger charge is -2.08. The van der Waals surface area contributed by atoms with Crippen molar-refractivity contribution in [2.45, 2.75) is 17.6 Å². The third kappa shape index (κ3) is 3.54. The average molecular weight is 286 g/mol. The molecular weight excluding hydrogens is 268 g/mol. The molecule has 0 atom stereocenters. The SMILES string of the molecule is CNC(=O)c1ccc(SCc2cccc(C)c2)c(N)c1. The zero-order chi connectivity index (χ0) is 14.5. The number of anilines is 1. The van der Waals surface area contributed by atoms with Gasteiger partial charge in [0.25, 0.3) is 5.91 Å². The van der Waals surface area contributed by atoms with E-state index in [9.17, 15) is 4.79 Å². The quantitative estimate of drug-likeness (QED) is 0.670. The Morgan fingerprint density at radius 3 is 2.70 bits per heavy atom. The normalized spacial score (nSPS) is 10.3. The number of hydrogen-bond acceptors (Lipinski definition) is 3. The first-order valence-electron chi connectivity index (χ1n) is 6.40. The number of nitrogen functional groups attached to an aromatic ring is 1. The molecule has 20 heavy (non-hydrogen) atoms. The molecular formula is C16H18N2OS. The molecule has 0 fully saturated rings. The molecule has 104 valence electrons.